The quantitative estimate of drug-likeness (QED) is 0.544. The van der Waals surface area contributed by atoms with Crippen molar-refractivity contribution in [2.24, 2.45) is 0 Å². The van der Waals surface area contributed by atoms with Crippen molar-refractivity contribution in [3.05, 3.63) is 56.5 Å². The van der Waals surface area contributed by atoms with Crippen molar-refractivity contribution in [1.82, 2.24) is 29.5 Å². The molecule has 3 heterocycles. The van der Waals surface area contributed by atoms with Crippen LogP contribution in [0.3, 0.4) is 0 Å². The molecule has 0 atom stereocenters. The van der Waals surface area contributed by atoms with Crippen LogP contribution in [-0.2, 0) is 0 Å². The van der Waals surface area contributed by atoms with Crippen molar-refractivity contribution in [2.75, 3.05) is 0 Å². The highest BCUT2D eigenvalue weighted by Gasteiger charge is 2.15. The molecule has 0 aliphatic carbocycles. The van der Waals surface area contributed by atoms with Gasteiger partial charge in [0.1, 0.15) is 12.0 Å². The molecule has 23 heavy (non-hydrogen) atoms. The summed E-state index contributed by atoms with van der Waals surface area (Å²) in [5.74, 6) is 0.238. The Morgan fingerprint density at radius 3 is 2.70 bits per heavy atom. The summed E-state index contributed by atoms with van der Waals surface area (Å²) < 4.78 is 1.17. The van der Waals surface area contributed by atoms with Gasteiger partial charge in [-0.05, 0) is 37.1 Å². The van der Waals surface area contributed by atoms with Crippen LogP contribution in [0.25, 0.3) is 28.1 Å². The molecule has 0 radical (unpaired) electrons. The minimum Gasteiger partial charge on any atom is -0.319 e. The first-order valence-corrected chi connectivity index (χ1v) is 6.97. The van der Waals surface area contributed by atoms with Crippen molar-refractivity contribution >= 4 is 16.8 Å². The number of aryl methyl sites for hydroxylation is 2. The average molecular weight is 308 g/mol. The molecule has 0 bridgehead atoms. The smallest absolute Gasteiger partial charge is 0.283 e. The van der Waals surface area contributed by atoms with Crippen LogP contribution in [0.5, 0.6) is 0 Å². The summed E-state index contributed by atoms with van der Waals surface area (Å²) in [6.45, 7) is 3.93. The molecule has 0 spiro atoms. The standard InChI is InChI=1S/C15H12N6O2/c1-7-3-10-11(4-8(7)2)20-13(22)12(19-10)9-5-16-15-17-6-18-21(15)14(9)23/h3-6H,1-2H3,(H,20,22)(H,16,17,18). The van der Waals surface area contributed by atoms with E-state index >= 15 is 0 Å². The van der Waals surface area contributed by atoms with Crippen molar-refractivity contribution < 1.29 is 0 Å². The third kappa shape index (κ3) is 1.95. The Balaban J connectivity index is 2.05. The number of H-pyrrole nitrogens is 2. The maximum absolute atomic E-state index is 12.5. The Labute approximate surface area is 128 Å². The maximum Gasteiger partial charge on any atom is 0.283 e. The molecule has 0 saturated heterocycles. The summed E-state index contributed by atoms with van der Waals surface area (Å²) in [5.41, 5.74) is 2.68. The van der Waals surface area contributed by atoms with Gasteiger partial charge in [0, 0.05) is 6.20 Å². The van der Waals surface area contributed by atoms with Crippen LogP contribution in [0.15, 0.2) is 34.2 Å². The zero-order chi connectivity index (χ0) is 16.1. The summed E-state index contributed by atoms with van der Waals surface area (Å²) in [5, 5.41) is 2.66. The number of rotatable bonds is 1. The minimum atomic E-state index is -0.431. The third-order valence-corrected chi connectivity index (χ3v) is 3.87. The lowest BCUT2D eigenvalue weighted by Crippen LogP contribution is -2.22. The Kier molecular flexibility index (Phi) is 2.68. The van der Waals surface area contributed by atoms with E-state index in [9.17, 15) is 9.59 Å². The molecule has 2 N–H and O–H groups in total. The van der Waals surface area contributed by atoms with Gasteiger partial charge in [0.15, 0.2) is 0 Å². The van der Waals surface area contributed by atoms with E-state index in [0.29, 0.717) is 11.0 Å². The number of benzene rings is 1. The van der Waals surface area contributed by atoms with Gasteiger partial charge in [-0.25, -0.2) is 15.0 Å². The van der Waals surface area contributed by atoms with Crippen LogP contribution < -0.4 is 11.1 Å². The van der Waals surface area contributed by atoms with E-state index in [4.69, 9.17) is 0 Å². The Hall–Kier alpha value is -3.29. The minimum absolute atomic E-state index is 0.0438. The molecule has 0 fully saturated rings. The van der Waals surface area contributed by atoms with Crippen molar-refractivity contribution in [3.63, 3.8) is 0 Å². The Bertz CT molecular complexity index is 1180. The van der Waals surface area contributed by atoms with Gasteiger partial charge in [0.05, 0.1) is 16.6 Å². The Morgan fingerprint density at radius 2 is 1.87 bits per heavy atom. The summed E-state index contributed by atoms with van der Waals surface area (Å²) in [4.78, 5) is 39.9. The lowest BCUT2D eigenvalue weighted by atomic mass is 10.1. The van der Waals surface area contributed by atoms with Gasteiger partial charge in [0.2, 0.25) is 0 Å². The van der Waals surface area contributed by atoms with Crippen LogP contribution in [0.4, 0.5) is 0 Å². The predicted molar refractivity (Wildman–Crippen MR) is 84.4 cm³/mol. The molecule has 4 rings (SSSR count). The topological polar surface area (TPSA) is 109 Å². The van der Waals surface area contributed by atoms with E-state index in [1.807, 2.05) is 26.0 Å². The Morgan fingerprint density at radius 1 is 1.09 bits per heavy atom. The van der Waals surface area contributed by atoms with Crippen LogP contribution in [0.2, 0.25) is 0 Å². The second kappa shape index (κ2) is 4.60. The SMILES string of the molecule is Cc1cc2nc(-c3cnc4nc[nH]n4c3=O)c(=O)[nH]c2cc1C. The zero-order valence-corrected chi connectivity index (χ0v) is 12.4. The lowest BCUT2D eigenvalue weighted by Gasteiger charge is -2.05. The summed E-state index contributed by atoms with van der Waals surface area (Å²) in [6, 6.07) is 3.75. The molecule has 8 heteroatoms. The molecule has 4 aromatic rings. The van der Waals surface area contributed by atoms with Gasteiger partial charge in [-0.2, -0.15) is 4.52 Å². The average Bonchev–Trinajstić information content (AvgIpc) is 2.99. The van der Waals surface area contributed by atoms with Crippen molar-refractivity contribution in [2.45, 2.75) is 13.8 Å². The molecule has 1 aromatic carbocycles. The highest BCUT2D eigenvalue weighted by molar-refractivity contribution is 5.78. The molecule has 0 aliphatic heterocycles. The lowest BCUT2D eigenvalue weighted by molar-refractivity contribution is 0.899. The largest absolute Gasteiger partial charge is 0.319 e. The first-order valence-electron chi connectivity index (χ1n) is 6.97. The van der Waals surface area contributed by atoms with E-state index in [1.165, 1.54) is 17.0 Å². The fraction of sp³-hybridized carbons (Fsp3) is 0.133. The van der Waals surface area contributed by atoms with Crippen LogP contribution in [0.1, 0.15) is 11.1 Å². The van der Waals surface area contributed by atoms with Gasteiger partial charge >= 0.3 is 0 Å². The molecule has 0 amide bonds. The van der Waals surface area contributed by atoms with Crippen LogP contribution in [-0.4, -0.2) is 29.5 Å². The second-order valence-corrected chi connectivity index (χ2v) is 5.37. The van der Waals surface area contributed by atoms with E-state index in [0.717, 1.165) is 11.1 Å². The number of nitrogens with zero attached hydrogens (tertiary/aromatic N) is 4. The molecule has 0 aliphatic rings. The zero-order valence-electron chi connectivity index (χ0n) is 12.4. The molecule has 3 aromatic heterocycles. The molecular formula is C15H12N6O2. The fourth-order valence-electron chi connectivity index (χ4n) is 2.49. The molecule has 8 nitrogen and oxygen atoms in total. The first-order chi connectivity index (χ1) is 11.0. The van der Waals surface area contributed by atoms with E-state index in [1.54, 1.807) is 0 Å². The van der Waals surface area contributed by atoms with Crippen LogP contribution >= 0.6 is 0 Å². The fourth-order valence-corrected chi connectivity index (χ4v) is 2.49. The summed E-state index contributed by atoms with van der Waals surface area (Å²) >= 11 is 0. The molecule has 0 saturated carbocycles. The molecule has 114 valence electrons. The van der Waals surface area contributed by atoms with Gasteiger partial charge in [-0.3, -0.25) is 14.7 Å². The number of hydrogen-bond acceptors (Lipinski definition) is 5. The van der Waals surface area contributed by atoms with Gasteiger partial charge in [-0.1, -0.05) is 0 Å². The summed E-state index contributed by atoms with van der Waals surface area (Å²) in [7, 11) is 0. The third-order valence-electron chi connectivity index (χ3n) is 3.87. The number of aromatic amines is 2. The number of fused-ring (bicyclic) bond motifs is 2. The van der Waals surface area contributed by atoms with Gasteiger partial charge in [0.25, 0.3) is 16.9 Å². The highest BCUT2D eigenvalue weighted by Crippen LogP contribution is 2.17. The number of aromatic nitrogens is 6. The van der Waals surface area contributed by atoms with E-state index < -0.39 is 11.1 Å². The number of nitrogens with one attached hydrogen (secondary N) is 2. The van der Waals surface area contributed by atoms with Crippen molar-refractivity contribution in [3.8, 4) is 11.3 Å². The van der Waals surface area contributed by atoms with E-state index in [2.05, 4.69) is 25.0 Å². The normalized spacial score (nSPS) is 11.4. The summed E-state index contributed by atoms with van der Waals surface area (Å²) in [6.07, 6.45) is 2.68. The van der Waals surface area contributed by atoms with Crippen LogP contribution in [0, 0.1) is 13.8 Å². The molecule has 0 unspecified atom stereocenters. The van der Waals surface area contributed by atoms with E-state index in [-0.39, 0.29) is 17.0 Å². The first kappa shape index (κ1) is 13.4. The van der Waals surface area contributed by atoms with Crippen molar-refractivity contribution in [1.29, 1.82) is 0 Å². The second-order valence-electron chi connectivity index (χ2n) is 5.37. The number of hydrogen-bond donors (Lipinski definition) is 2. The highest BCUT2D eigenvalue weighted by atomic mass is 16.1. The van der Waals surface area contributed by atoms with Gasteiger partial charge in [-0.15, -0.1) is 0 Å². The maximum atomic E-state index is 12.5. The predicted octanol–water partition coefficient (Wildman–Crippen LogP) is 0.938. The van der Waals surface area contributed by atoms with Gasteiger partial charge < -0.3 is 4.98 Å². The molecular weight excluding hydrogens is 296 g/mol. The monoisotopic (exact) mass is 308 g/mol.